The van der Waals surface area contributed by atoms with Crippen molar-refractivity contribution in [2.45, 2.75) is 104 Å². The second-order valence-electron chi connectivity index (χ2n) is 19.7. The SMILES string of the molecule is CCCCN1\C(=C/C=C/C=C/C2=[N+](CCCC)c3ccc4ccccc4c3C2(C)C)C(C)(C)c2c1ccc1ccccc21.CCCC[B-](c1ccccc1)(c1ccccc1)c1ccccc1. The molecule has 7 aromatic carbocycles. The molecule has 3 heteroatoms. The number of anilines is 1. The Balaban J connectivity index is 0.000000216. The van der Waals surface area contributed by atoms with Crippen molar-refractivity contribution >= 4 is 61.2 Å². The molecule has 2 aliphatic heterocycles. The fraction of sp³-hybridized carbons (Fsp3) is 0.286. The summed E-state index contributed by atoms with van der Waals surface area (Å²) in [4.78, 5) is 2.57. The van der Waals surface area contributed by atoms with Gasteiger partial charge in [0.15, 0.2) is 5.71 Å². The van der Waals surface area contributed by atoms with Gasteiger partial charge in [0.25, 0.3) is 0 Å². The molecule has 336 valence electrons. The lowest BCUT2D eigenvalue weighted by atomic mass is 9.14. The van der Waals surface area contributed by atoms with Gasteiger partial charge in [-0.25, -0.2) is 0 Å². The molecule has 0 saturated heterocycles. The Labute approximate surface area is 397 Å². The van der Waals surface area contributed by atoms with E-state index in [9.17, 15) is 0 Å². The maximum atomic E-state index is 2.57. The van der Waals surface area contributed by atoms with Crippen LogP contribution in [-0.4, -0.2) is 29.5 Å². The largest absolute Gasteiger partial charge is 0.344 e. The Bertz CT molecular complexity index is 2770. The molecule has 66 heavy (non-hydrogen) atoms. The zero-order valence-electron chi connectivity index (χ0n) is 40.8. The zero-order valence-corrected chi connectivity index (χ0v) is 40.8. The molecule has 2 aliphatic rings. The second-order valence-corrected chi connectivity index (χ2v) is 19.7. The third-order valence-corrected chi connectivity index (χ3v) is 14.8. The summed E-state index contributed by atoms with van der Waals surface area (Å²) in [5.41, 5.74) is 12.6. The monoisotopic (exact) mass is 867 g/mol. The summed E-state index contributed by atoms with van der Waals surface area (Å²) in [6, 6.07) is 60.1. The van der Waals surface area contributed by atoms with Crippen molar-refractivity contribution in [3.8, 4) is 0 Å². The van der Waals surface area contributed by atoms with E-state index in [1.807, 2.05) is 0 Å². The lowest BCUT2D eigenvalue weighted by Crippen LogP contribution is -2.66. The highest BCUT2D eigenvalue weighted by molar-refractivity contribution is 7.11. The van der Waals surface area contributed by atoms with Gasteiger partial charge in [-0.1, -0.05) is 224 Å². The number of unbranched alkanes of at least 4 members (excludes halogenated alkanes) is 3. The Kier molecular flexibility index (Phi) is 14.4. The fourth-order valence-electron chi connectivity index (χ4n) is 11.5. The fourth-order valence-corrected chi connectivity index (χ4v) is 11.5. The quantitative estimate of drug-likeness (QED) is 0.0565. The van der Waals surface area contributed by atoms with Crippen LogP contribution in [0.15, 0.2) is 200 Å². The Morgan fingerprint density at radius 2 is 1.02 bits per heavy atom. The van der Waals surface area contributed by atoms with E-state index in [2.05, 4.69) is 252 Å². The highest BCUT2D eigenvalue weighted by Gasteiger charge is 2.45. The summed E-state index contributed by atoms with van der Waals surface area (Å²) in [7, 11) is 0. The van der Waals surface area contributed by atoms with Crippen molar-refractivity contribution in [3.05, 3.63) is 211 Å². The average Bonchev–Trinajstić information content (AvgIpc) is 3.71. The summed E-state index contributed by atoms with van der Waals surface area (Å²) in [6.45, 7) is 18.5. The summed E-state index contributed by atoms with van der Waals surface area (Å²) in [6.07, 6.45) is 18.9. The second kappa shape index (κ2) is 20.5. The minimum Gasteiger partial charge on any atom is -0.344 e. The number of nitrogens with zero attached hydrogens (tertiary/aromatic N) is 2. The van der Waals surface area contributed by atoms with Gasteiger partial charge in [-0.05, 0) is 65.6 Å². The minimum absolute atomic E-state index is 0.0696. The van der Waals surface area contributed by atoms with Crippen LogP contribution in [0, 0.1) is 0 Å². The number of fused-ring (bicyclic) bond motifs is 6. The van der Waals surface area contributed by atoms with Crippen molar-refractivity contribution in [3.63, 3.8) is 0 Å². The van der Waals surface area contributed by atoms with Gasteiger partial charge in [0.05, 0.1) is 11.6 Å². The predicted octanol–water partition coefficient (Wildman–Crippen LogP) is 14.7. The van der Waals surface area contributed by atoms with Gasteiger partial charge < -0.3 is 4.90 Å². The number of hydrogen-bond donors (Lipinski definition) is 0. The van der Waals surface area contributed by atoms with Crippen LogP contribution < -0.4 is 21.3 Å². The minimum atomic E-state index is -0.913. The van der Waals surface area contributed by atoms with E-state index < -0.39 is 6.15 Å². The summed E-state index contributed by atoms with van der Waals surface area (Å²) >= 11 is 0. The van der Waals surface area contributed by atoms with Crippen LogP contribution in [0.3, 0.4) is 0 Å². The molecule has 0 saturated carbocycles. The predicted molar refractivity (Wildman–Crippen MR) is 291 cm³/mol. The molecule has 2 nitrogen and oxygen atoms in total. The van der Waals surface area contributed by atoms with Gasteiger partial charge in [-0.2, -0.15) is 27.3 Å². The molecule has 7 aromatic rings. The number of benzene rings is 7. The highest BCUT2D eigenvalue weighted by atomic mass is 15.2. The van der Waals surface area contributed by atoms with Gasteiger partial charge in [-0.15, -0.1) is 0 Å². The molecular weight excluding hydrogens is 796 g/mol. The smallest absolute Gasteiger partial charge is 0.210 e. The first-order chi connectivity index (χ1) is 32.2. The van der Waals surface area contributed by atoms with Gasteiger partial charge in [0.1, 0.15) is 6.54 Å². The molecule has 0 amide bonds. The van der Waals surface area contributed by atoms with E-state index in [1.165, 1.54) is 117 Å². The van der Waals surface area contributed by atoms with Gasteiger partial charge in [-0.3, -0.25) is 0 Å². The molecule has 2 heterocycles. The summed E-state index contributed by atoms with van der Waals surface area (Å²) in [5.74, 6) is 0. The molecule has 0 atom stereocenters. The van der Waals surface area contributed by atoms with Crippen molar-refractivity contribution in [1.82, 2.24) is 0 Å². The van der Waals surface area contributed by atoms with Crippen LogP contribution in [0.25, 0.3) is 21.5 Å². The van der Waals surface area contributed by atoms with E-state index in [0.29, 0.717) is 0 Å². The summed E-state index contributed by atoms with van der Waals surface area (Å²) < 4.78 is 2.57. The lowest BCUT2D eigenvalue weighted by molar-refractivity contribution is -0.438. The van der Waals surface area contributed by atoms with E-state index in [4.69, 9.17) is 0 Å². The molecule has 0 fully saturated rings. The lowest BCUT2D eigenvalue weighted by Gasteiger charge is -2.43. The van der Waals surface area contributed by atoms with Crippen molar-refractivity contribution in [2.24, 2.45) is 0 Å². The molecular formula is C63H71BN2. The summed E-state index contributed by atoms with van der Waals surface area (Å²) in [5, 5.41) is 5.39. The molecule has 0 aromatic heterocycles. The molecule has 0 unspecified atom stereocenters. The maximum absolute atomic E-state index is 2.57. The Hall–Kier alpha value is -6.19. The number of rotatable bonds is 15. The molecule has 0 N–H and O–H groups in total. The molecule has 0 aliphatic carbocycles. The van der Waals surface area contributed by atoms with E-state index >= 15 is 0 Å². The average molecular weight is 867 g/mol. The Morgan fingerprint density at radius 3 is 1.58 bits per heavy atom. The van der Waals surface area contributed by atoms with Gasteiger partial charge in [0, 0.05) is 47.5 Å². The first-order valence-corrected chi connectivity index (χ1v) is 25.0. The first kappa shape index (κ1) is 46.3. The molecule has 0 bridgehead atoms. The van der Waals surface area contributed by atoms with E-state index in [0.717, 1.165) is 13.1 Å². The van der Waals surface area contributed by atoms with Crippen LogP contribution in [-0.2, 0) is 10.8 Å². The number of allylic oxidation sites excluding steroid dienone is 6. The normalized spacial score (nSPS) is 15.8. The molecule has 0 radical (unpaired) electrons. The maximum Gasteiger partial charge on any atom is 0.210 e. The standard InChI is InChI=1S/C41H47N2.C22H24B/c1-7-9-28-42-34-26-24-30-18-14-16-20-32(30)38(34)40(3,4)36(42)22-12-11-13-23-37-41(5,6)39-33-21-17-15-19-31(33)25-27-35(39)43(37)29-10-8-2;1-2-3-19-23(20-13-7-4-8-14-20,21-15-9-5-10-16-21)22-17-11-6-12-18-22/h11-27H,7-10,28-29H2,1-6H3;4-18H,2-3,19H2,1H3/q+1;-1. The van der Waals surface area contributed by atoms with E-state index in [-0.39, 0.29) is 10.8 Å². The Morgan fingerprint density at radius 1 is 0.500 bits per heavy atom. The van der Waals surface area contributed by atoms with Crippen molar-refractivity contribution in [1.29, 1.82) is 0 Å². The number of hydrogen-bond acceptors (Lipinski definition) is 1. The van der Waals surface area contributed by atoms with Crippen LogP contribution in [0.2, 0.25) is 6.32 Å². The van der Waals surface area contributed by atoms with Crippen LogP contribution in [0.5, 0.6) is 0 Å². The first-order valence-electron chi connectivity index (χ1n) is 25.0. The van der Waals surface area contributed by atoms with Crippen molar-refractivity contribution in [2.75, 3.05) is 18.0 Å². The van der Waals surface area contributed by atoms with Crippen LogP contribution in [0.1, 0.15) is 98.1 Å². The van der Waals surface area contributed by atoms with E-state index in [1.54, 1.807) is 0 Å². The van der Waals surface area contributed by atoms with Crippen LogP contribution >= 0.6 is 0 Å². The van der Waals surface area contributed by atoms with Gasteiger partial charge >= 0.3 is 0 Å². The highest BCUT2D eigenvalue weighted by Crippen LogP contribution is 2.51. The molecule has 9 rings (SSSR count). The zero-order chi connectivity index (χ0) is 46.2. The topological polar surface area (TPSA) is 6.25 Å². The third-order valence-electron chi connectivity index (χ3n) is 14.8. The van der Waals surface area contributed by atoms with Gasteiger partial charge in [0.2, 0.25) is 5.69 Å². The molecule has 0 spiro atoms. The van der Waals surface area contributed by atoms with Crippen LogP contribution in [0.4, 0.5) is 11.4 Å². The van der Waals surface area contributed by atoms with Crippen molar-refractivity contribution < 1.29 is 4.58 Å². The third kappa shape index (κ3) is 8.90.